The van der Waals surface area contributed by atoms with E-state index in [1.807, 2.05) is 41.7 Å². The van der Waals surface area contributed by atoms with E-state index in [0.29, 0.717) is 0 Å². The molecule has 2 aliphatic rings. The topological polar surface area (TPSA) is 102 Å². The highest BCUT2D eigenvalue weighted by Gasteiger charge is 2.31. The Morgan fingerprint density at radius 3 is 2.32 bits per heavy atom. The van der Waals surface area contributed by atoms with Crippen molar-refractivity contribution in [2.75, 3.05) is 7.05 Å². The summed E-state index contributed by atoms with van der Waals surface area (Å²) in [5, 5.41) is 8.55. The summed E-state index contributed by atoms with van der Waals surface area (Å²) in [5.41, 5.74) is 0.930. The Labute approximate surface area is 206 Å². The number of carboxylic acids is 1. The molecule has 0 aliphatic heterocycles. The maximum Gasteiger partial charge on any atom is 0.410 e. The SMILES string of the molecule is CC.CC(=O)O.CN(C(=O)OC(C)(C)C)C1CCC(Oc2ncnc3sc4c(c23)CCC4)CC1. The molecule has 9 heteroatoms. The lowest BCUT2D eigenvalue weighted by atomic mass is 9.92. The molecule has 0 aromatic carbocycles. The van der Waals surface area contributed by atoms with Crippen molar-refractivity contribution in [2.45, 2.75) is 104 Å². The maximum absolute atomic E-state index is 12.3. The van der Waals surface area contributed by atoms with E-state index in [0.717, 1.165) is 61.5 Å². The minimum Gasteiger partial charge on any atom is -0.481 e. The van der Waals surface area contributed by atoms with Gasteiger partial charge in [0.2, 0.25) is 5.88 Å². The molecule has 0 saturated heterocycles. The standard InChI is InChI=1S/C21H29N3O3S.C2H4O2.C2H6/c1-21(2,3)27-20(25)24(4)13-8-10-14(11-9-13)26-18-17-15-6-5-7-16(15)28-19(17)23-12-22-18;1-2(3)4;1-2/h12-14H,5-11H2,1-4H3;1H3,(H,3,4);1-2H3. The van der Waals surface area contributed by atoms with Gasteiger partial charge in [0, 0.05) is 24.9 Å². The highest BCUT2D eigenvalue weighted by atomic mass is 32.1. The van der Waals surface area contributed by atoms with Crippen molar-refractivity contribution in [1.82, 2.24) is 14.9 Å². The number of aryl methyl sites for hydroxylation is 2. The van der Waals surface area contributed by atoms with Gasteiger partial charge < -0.3 is 19.5 Å². The molecule has 2 aliphatic carbocycles. The van der Waals surface area contributed by atoms with Crippen molar-refractivity contribution in [3.05, 3.63) is 16.8 Å². The van der Waals surface area contributed by atoms with E-state index in [4.69, 9.17) is 19.4 Å². The van der Waals surface area contributed by atoms with E-state index in [9.17, 15) is 4.79 Å². The first-order chi connectivity index (χ1) is 16.0. The maximum atomic E-state index is 12.3. The van der Waals surface area contributed by atoms with Crippen molar-refractivity contribution in [3.8, 4) is 5.88 Å². The quantitative estimate of drug-likeness (QED) is 0.572. The zero-order valence-corrected chi connectivity index (χ0v) is 22.3. The van der Waals surface area contributed by atoms with Gasteiger partial charge >= 0.3 is 6.09 Å². The summed E-state index contributed by atoms with van der Waals surface area (Å²) in [7, 11) is 1.84. The summed E-state index contributed by atoms with van der Waals surface area (Å²) in [5.74, 6) is -0.0895. The van der Waals surface area contributed by atoms with Crippen LogP contribution in [0.5, 0.6) is 5.88 Å². The minimum atomic E-state index is -0.833. The number of carbonyl (C=O) groups is 2. The molecule has 8 nitrogen and oxygen atoms in total. The molecule has 1 amide bonds. The van der Waals surface area contributed by atoms with E-state index >= 15 is 0 Å². The first-order valence-corrected chi connectivity index (χ1v) is 12.9. The molecule has 2 aromatic heterocycles. The van der Waals surface area contributed by atoms with Gasteiger partial charge in [0.25, 0.3) is 5.97 Å². The average molecular weight is 494 g/mol. The molecule has 0 spiro atoms. The molecular weight excluding hydrogens is 454 g/mol. The van der Waals surface area contributed by atoms with Crippen molar-refractivity contribution < 1.29 is 24.2 Å². The second-order valence-corrected chi connectivity index (χ2v) is 10.5. The van der Waals surface area contributed by atoms with E-state index in [-0.39, 0.29) is 18.2 Å². The Hall–Kier alpha value is -2.42. The monoisotopic (exact) mass is 493 g/mol. The summed E-state index contributed by atoms with van der Waals surface area (Å²) in [6.07, 6.45) is 8.63. The van der Waals surface area contributed by atoms with Crippen molar-refractivity contribution >= 4 is 33.6 Å². The molecule has 34 heavy (non-hydrogen) atoms. The van der Waals surface area contributed by atoms with Crippen molar-refractivity contribution in [3.63, 3.8) is 0 Å². The molecule has 0 radical (unpaired) electrons. The van der Waals surface area contributed by atoms with E-state index in [1.54, 1.807) is 22.6 Å². The largest absolute Gasteiger partial charge is 0.481 e. The van der Waals surface area contributed by atoms with Gasteiger partial charge in [0.15, 0.2) is 0 Å². The first-order valence-electron chi connectivity index (χ1n) is 12.1. The molecule has 1 N–H and O–H groups in total. The van der Waals surface area contributed by atoms with Gasteiger partial charge in [-0.1, -0.05) is 13.8 Å². The van der Waals surface area contributed by atoms with Crippen LogP contribution in [0.4, 0.5) is 4.79 Å². The highest BCUT2D eigenvalue weighted by Crippen LogP contribution is 2.40. The van der Waals surface area contributed by atoms with Gasteiger partial charge in [-0.05, 0) is 71.3 Å². The smallest absolute Gasteiger partial charge is 0.410 e. The van der Waals surface area contributed by atoms with Gasteiger partial charge in [0.05, 0.1) is 5.39 Å². The molecule has 2 heterocycles. The van der Waals surface area contributed by atoms with Crippen LogP contribution in [0.3, 0.4) is 0 Å². The van der Waals surface area contributed by atoms with Crippen LogP contribution in [0.25, 0.3) is 10.2 Å². The molecule has 4 rings (SSSR count). The number of fused-ring (bicyclic) bond motifs is 3. The van der Waals surface area contributed by atoms with Gasteiger partial charge in [0.1, 0.15) is 22.9 Å². The predicted molar refractivity (Wildman–Crippen MR) is 135 cm³/mol. The van der Waals surface area contributed by atoms with E-state index in [2.05, 4.69) is 9.97 Å². The summed E-state index contributed by atoms with van der Waals surface area (Å²) < 4.78 is 11.8. The number of carboxylic acid groups (broad SMARTS) is 1. The molecule has 2 aromatic rings. The normalized spacial score (nSPS) is 19.1. The number of ether oxygens (including phenoxy) is 2. The second kappa shape index (κ2) is 12.3. The third kappa shape index (κ3) is 7.55. The number of hydrogen-bond donors (Lipinski definition) is 1. The summed E-state index contributed by atoms with van der Waals surface area (Å²) in [6, 6.07) is 0.200. The molecule has 0 unspecified atom stereocenters. The number of thiophene rings is 1. The van der Waals surface area contributed by atoms with Crippen molar-refractivity contribution in [2.24, 2.45) is 0 Å². The van der Waals surface area contributed by atoms with E-state index in [1.165, 1.54) is 16.9 Å². The fraction of sp³-hybridized carbons (Fsp3) is 0.680. The fourth-order valence-electron chi connectivity index (χ4n) is 4.18. The Kier molecular flexibility index (Phi) is 10.1. The summed E-state index contributed by atoms with van der Waals surface area (Å²) in [4.78, 5) is 34.5. The van der Waals surface area contributed by atoms with Crippen LogP contribution in [0, 0.1) is 0 Å². The van der Waals surface area contributed by atoms with Crippen LogP contribution in [-0.2, 0) is 22.4 Å². The van der Waals surface area contributed by atoms with Gasteiger partial charge in [-0.3, -0.25) is 4.79 Å². The molecule has 1 fully saturated rings. The average Bonchev–Trinajstić information content (AvgIpc) is 3.35. The number of aromatic nitrogens is 2. The Morgan fingerprint density at radius 2 is 1.74 bits per heavy atom. The Morgan fingerprint density at radius 1 is 1.12 bits per heavy atom. The third-order valence-corrected chi connectivity index (χ3v) is 6.82. The van der Waals surface area contributed by atoms with Gasteiger partial charge in [-0.25, -0.2) is 14.8 Å². The number of nitrogens with zero attached hydrogens (tertiary/aromatic N) is 3. The zero-order chi connectivity index (χ0) is 25.5. The lowest BCUT2D eigenvalue weighted by Gasteiger charge is -2.35. The number of aliphatic carboxylic acids is 1. The molecule has 190 valence electrons. The van der Waals surface area contributed by atoms with Crippen LogP contribution < -0.4 is 4.74 Å². The number of carbonyl (C=O) groups excluding carboxylic acids is 1. The molecule has 0 bridgehead atoms. The van der Waals surface area contributed by atoms with Gasteiger partial charge in [-0.15, -0.1) is 11.3 Å². The van der Waals surface area contributed by atoms with Crippen LogP contribution in [-0.4, -0.2) is 56.8 Å². The van der Waals surface area contributed by atoms with E-state index < -0.39 is 11.6 Å². The molecular formula is C25H39N3O5S. The predicted octanol–water partition coefficient (Wildman–Crippen LogP) is 5.85. The van der Waals surface area contributed by atoms with Crippen molar-refractivity contribution in [1.29, 1.82) is 0 Å². The zero-order valence-electron chi connectivity index (χ0n) is 21.5. The fourth-order valence-corrected chi connectivity index (χ4v) is 5.40. The van der Waals surface area contributed by atoms with Gasteiger partial charge in [-0.2, -0.15) is 0 Å². The lowest BCUT2D eigenvalue weighted by Crippen LogP contribution is -2.43. The number of amides is 1. The van der Waals surface area contributed by atoms with Crippen LogP contribution in [0.15, 0.2) is 6.33 Å². The summed E-state index contributed by atoms with van der Waals surface area (Å²) >= 11 is 1.79. The number of hydrogen-bond acceptors (Lipinski definition) is 7. The minimum absolute atomic E-state index is 0.137. The van der Waals surface area contributed by atoms with Crippen LogP contribution >= 0.6 is 11.3 Å². The molecule has 0 atom stereocenters. The third-order valence-electron chi connectivity index (χ3n) is 5.62. The summed E-state index contributed by atoms with van der Waals surface area (Å²) in [6.45, 7) is 10.8. The Balaban J connectivity index is 0.000000618. The molecule has 1 saturated carbocycles. The number of rotatable bonds is 3. The first kappa shape index (κ1) is 27.8. The highest BCUT2D eigenvalue weighted by molar-refractivity contribution is 7.18. The van der Waals surface area contributed by atoms with Crippen LogP contribution in [0.2, 0.25) is 0 Å². The lowest BCUT2D eigenvalue weighted by molar-refractivity contribution is -0.134. The second-order valence-electron chi connectivity index (χ2n) is 9.37. The Bertz CT molecular complexity index is 957. The van der Waals surface area contributed by atoms with Crippen LogP contribution in [0.1, 0.15) is 84.1 Å².